The van der Waals surface area contributed by atoms with Gasteiger partial charge in [-0.05, 0) is 36.4 Å². The van der Waals surface area contributed by atoms with E-state index in [-0.39, 0.29) is 36.9 Å². The van der Waals surface area contributed by atoms with Crippen LogP contribution in [0.1, 0.15) is 15.9 Å². The van der Waals surface area contributed by atoms with Gasteiger partial charge in [0.15, 0.2) is 6.61 Å². The highest BCUT2D eigenvalue weighted by molar-refractivity contribution is 7.89. The number of nitrogens with one attached hydrogen (secondary N) is 1. The molecule has 0 spiro atoms. The quantitative estimate of drug-likeness (QED) is 0.494. The van der Waals surface area contributed by atoms with Gasteiger partial charge < -0.3 is 14.8 Å². The minimum Gasteiger partial charge on any atom is -0.452 e. The zero-order chi connectivity index (χ0) is 24.2. The normalized spacial score (nSPS) is 15.2. The average molecular weight is 490 g/mol. The zero-order valence-corrected chi connectivity index (χ0v) is 17.7. The van der Waals surface area contributed by atoms with Crippen molar-refractivity contribution in [1.82, 2.24) is 4.31 Å². The fourth-order valence-electron chi connectivity index (χ4n) is 2.94. The number of benzene rings is 2. The fourth-order valence-corrected chi connectivity index (χ4v) is 4.37. The van der Waals surface area contributed by atoms with E-state index < -0.39 is 51.6 Å². The smallest absolute Gasteiger partial charge is 0.416 e. The van der Waals surface area contributed by atoms with Crippen LogP contribution in [0.5, 0.6) is 0 Å². The number of ether oxygens (including phenoxy) is 2. The number of halogens is 4. The molecule has 1 fully saturated rings. The average Bonchev–Trinajstić information content (AvgIpc) is 2.78. The topological polar surface area (TPSA) is 102 Å². The second-order valence-electron chi connectivity index (χ2n) is 6.86. The van der Waals surface area contributed by atoms with E-state index >= 15 is 0 Å². The second-order valence-corrected chi connectivity index (χ2v) is 8.80. The number of hydrogen-bond donors (Lipinski definition) is 1. The number of carbonyl (C=O) groups is 2. The van der Waals surface area contributed by atoms with Gasteiger partial charge in [0.2, 0.25) is 10.0 Å². The molecule has 0 aliphatic carbocycles. The van der Waals surface area contributed by atoms with Crippen LogP contribution in [-0.2, 0) is 30.5 Å². The minimum atomic E-state index is -4.61. The Bertz CT molecular complexity index is 1150. The Kier molecular flexibility index (Phi) is 7.34. The van der Waals surface area contributed by atoms with Crippen molar-refractivity contribution in [3.8, 4) is 0 Å². The van der Waals surface area contributed by atoms with Gasteiger partial charge in [0, 0.05) is 18.8 Å². The maximum Gasteiger partial charge on any atom is 0.416 e. The summed E-state index contributed by atoms with van der Waals surface area (Å²) in [5.41, 5.74) is -1.88. The maximum atomic E-state index is 14.1. The second kappa shape index (κ2) is 9.85. The van der Waals surface area contributed by atoms with Gasteiger partial charge in [-0.3, -0.25) is 4.79 Å². The van der Waals surface area contributed by atoms with E-state index in [1.165, 1.54) is 6.07 Å². The molecule has 13 heteroatoms. The van der Waals surface area contributed by atoms with Crippen LogP contribution in [-0.4, -0.2) is 57.5 Å². The zero-order valence-electron chi connectivity index (χ0n) is 16.9. The summed E-state index contributed by atoms with van der Waals surface area (Å²) in [6.07, 6.45) is -4.61. The summed E-state index contributed by atoms with van der Waals surface area (Å²) in [6, 6.07) is 6.38. The van der Waals surface area contributed by atoms with Crippen molar-refractivity contribution in [3.05, 3.63) is 59.4 Å². The van der Waals surface area contributed by atoms with Crippen LogP contribution in [0.25, 0.3) is 0 Å². The molecular weight excluding hydrogens is 472 g/mol. The molecule has 8 nitrogen and oxygen atoms in total. The van der Waals surface area contributed by atoms with Crippen molar-refractivity contribution in [3.63, 3.8) is 0 Å². The molecule has 1 N–H and O–H groups in total. The van der Waals surface area contributed by atoms with Crippen LogP contribution in [0.4, 0.5) is 23.2 Å². The third-order valence-electron chi connectivity index (χ3n) is 4.57. The van der Waals surface area contributed by atoms with E-state index in [1.807, 2.05) is 0 Å². The highest BCUT2D eigenvalue weighted by Crippen LogP contribution is 2.30. The summed E-state index contributed by atoms with van der Waals surface area (Å²) < 4.78 is 88.7. The molecule has 1 aliphatic heterocycles. The fraction of sp³-hybridized carbons (Fsp3) is 0.300. The molecular formula is C20H18F4N2O6S. The summed E-state index contributed by atoms with van der Waals surface area (Å²) >= 11 is 0. The lowest BCUT2D eigenvalue weighted by Gasteiger charge is -2.26. The van der Waals surface area contributed by atoms with Crippen LogP contribution >= 0.6 is 0 Å². The highest BCUT2D eigenvalue weighted by atomic mass is 32.2. The number of morpholine rings is 1. The third kappa shape index (κ3) is 6.06. The van der Waals surface area contributed by atoms with Gasteiger partial charge in [0.25, 0.3) is 5.91 Å². The summed E-state index contributed by atoms with van der Waals surface area (Å²) in [6.45, 7) is -0.369. The van der Waals surface area contributed by atoms with E-state index in [0.29, 0.717) is 6.07 Å². The van der Waals surface area contributed by atoms with Crippen LogP contribution in [0, 0.1) is 5.82 Å². The number of amides is 1. The van der Waals surface area contributed by atoms with Crippen molar-refractivity contribution in [2.75, 3.05) is 38.2 Å². The molecule has 1 amide bonds. The van der Waals surface area contributed by atoms with Crippen LogP contribution in [0.3, 0.4) is 0 Å². The van der Waals surface area contributed by atoms with E-state index in [1.54, 1.807) is 0 Å². The molecule has 0 bridgehead atoms. The van der Waals surface area contributed by atoms with E-state index in [4.69, 9.17) is 9.47 Å². The Hall–Kier alpha value is -3.03. The minimum absolute atomic E-state index is 0.0925. The molecule has 178 valence electrons. The lowest BCUT2D eigenvalue weighted by molar-refractivity contribution is -0.137. The maximum absolute atomic E-state index is 14.1. The van der Waals surface area contributed by atoms with Crippen molar-refractivity contribution in [1.29, 1.82) is 0 Å². The summed E-state index contributed by atoms with van der Waals surface area (Å²) in [4.78, 5) is 23.9. The molecule has 1 saturated heterocycles. The Balaban J connectivity index is 1.67. The highest BCUT2D eigenvalue weighted by Gasteiger charge is 2.31. The first kappa shape index (κ1) is 24.6. The predicted molar refractivity (Wildman–Crippen MR) is 106 cm³/mol. The van der Waals surface area contributed by atoms with Gasteiger partial charge >= 0.3 is 12.1 Å². The number of nitrogens with zero attached hydrogens (tertiary/aromatic N) is 1. The molecule has 0 saturated carbocycles. The lowest BCUT2D eigenvalue weighted by Crippen LogP contribution is -2.40. The predicted octanol–water partition coefficient (Wildman–Crippen LogP) is 2.66. The van der Waals surface area contributed by atoms with E-state index in [9.17, 15) is 35.6 Å². The number of anilines is 1. The van der Waals surface area contributed by atoms with Gasteiger partial charge in [-0.25, -0.2) is 17.6 Å². The number of carbonyl (C=O) groups excluding carboxylic acids is 2. The number of esters is 1. The molecule has 3 rings (SSSR count). The molecule has 2 aromatic carbocycles. The van der Waals surface area contributed by atoms with Gasteiger partial charge in [-0.1, -0.05) is 6.07 Å². The Morgan fingerprint density at radius 3 is 2.45 bits per heavy atom. The van der Waals surface area contributed by atoms with Crippen LogP contribution in [0.15, 0.2) is 47.4 Å². The molecule has 2 aromatic rings. The molecule has 1 aliphatic rings. The SMILES string of the molecule is O=C(COC(=O)c1cc(S(=O)(=O)N2CCOCC2)ccc1F)Nc1cccc(C(F)(F)F)c1. The molecule has 33 heavy (non-hydrogen) atoms. The summed E-state index contributed by atoms with van der Waals surface area (Å²) in [7, 11) is -4.02. The number of hydrogen-bond acceptors (Lipinski definition) is 6. The Labute approximate surface area is 186 Å². The van der Waals surface area contributed by atoms with E-state index in [2.05, 4.69) is 5.32 Å². The molecule has 0 radical (unpaired) electrons. The van der Waals surface area contributed by atoms with Crippen LogP contribution in [0.2, 0.25) is 0 Å². The summed E-state index contributed by atoms with van der Waals surface area (Å²) in [5, 5.41) is 2.13. The number of sulfonamides is 1. The van der Waals surface area contributed by atoms with Crippen molar-refractivity contribution in [2.45, 2.75) is 11.1 Å². The van der Waals surface area contributed by atoms with Gasteiger partial charge in [-0.15, -0.1) is 0 Å². The monoisotopic (exact) mass is 490 g/mol. The first-order chi connectivity index (χ1) is 15.5. The Morgan fingerprint density at radius 1 is 1.09 bits per heavy atom. The van der Waals surface area contributed by atoms with Gasteiger partial charge in [0.05, 0.1) is 29.2 Å². The van der Waals surface area contributed by atoms with Crippen LogP contribution < -0.4 is 5.32 Å². The molecule has 0 unspecified atom stereocenters. The first-order valence-electron chi connectivity index (χ1n) is 9.50. The third-order valence-corrected chi connectivity index (χ3v) is 6.47. The Morgan fingerprint density at radius 2 is 1.79 bits per heavy atom. The first-order valence-corrected chi connectivity index (χ1v) is 10.9. The van der Waals surface area contributed by atoms with Gasteiger partial charge in [0.1, 0.15) is 5.82 Å². The van der Waals surface area contributed by atoms with E-state index in [0.717, 1.165) is 34.6 Å². The van der Waals surface area contributed by atoms with Crippen molar-refractivity contribution >= 4 is 27.6 Å². The van der Waals surface area contributed by atoms with Crippen molar-refractivity contribution in [2.24, 2.45) is 0 Å². The standard InChI is InChI=1S/C20H18F4N2O6S/c21-17-5-4-15(33(29,30)26-6-8-31-9-7-26)11-16(17)19(28)32-12-18(27)25-14-3-1-2-13(10-14)20(22,23)24/h1-5,10-11H,6-9,12H2,(H,25,27). The molecule has 0 atom stereocenters. The van der Waals surface area contributed by atoms with Gasteiger partial charge in [-0.2, -0.15) is 17.5 Å². The largest absolute Gasteiger partial charge is 0.452 e. The number of rotatable bonds is 6. The number of alkyl halides is 3. The lowest BCUT2D eigenvalue weighted by atomic mass is 10.2. The van der Waals surface area contributed by atoms with Crippen molar-refractivity contribution < 1.29 is 45.0 Å². The molecule has 1 heterocycles. The molecule has 0 aromatic heterocycles. The summed E-state index contributed by atoms with van der Waals surface area (Å²) in [5.74, 6) is -3.36.